The van der Waals surface area contributed by atoms with Crippen molar-refractivity contribution in [3.8, 4) is 5.75 Å². The number of amides is 1. The summed E-state index contributed by atoms with van der Waals surface area (Å²) >= 11 is 0. The smallest absolute Gasteiger partial charge is 0.303 e. The molecule has 10 heteroatoms. The zero-order valence-corrected chi connectivity index (χ0v) is 10.5. The lowest BCUT2D eigenvalue weighted by molar-refractivity contribution is -0.384. The Labute approximate surface area is 116 Å². The number of non-ortho nitro benzene ring substituents is 1. The number of amidine groups is 2. The predicted molar refractivity (Wildman–Crippen MR) is 70.9 cm³/mol. The molecule has 0 bridgehead atoms. The number of hydrogen-bond donors (Lipinski definition) is 0. The van der Waals surface area contributed by atoms with Crippen molar-refractivity contribution in [1.82, 2.24) is 0 Å². The van der Waals surface area contributed by atoms with E-state index in [1.54, 1.807) is 0 Å². The number of nitro benzene ring substituents is 1. The fraction of sp³-hybridized carbons (Fsp3) is 0.0909. The second-order valence-electron chi connectivity index (χ2n) is 3.96. The van der Waals surface area contributed by atoms with Crippen LogP contribution in [0.2, 0.25) is 0 Å². The molecule has 0 saturated carbocycles. The molecule has 1 amide bonds. The van der Waals surface area contributed by atoms with Crippen LogP contribution in [0.1, 0.15) is 5.56 Å². The first kappa shape index (κ1) is 12.7. The van der Waals surface area contributed by atoms with Gasteiger partial charge in [-0.15, -0.1) is 10.2 Å². The molecular weight excluding hydrogens is 280 g/mol. The van der Waals surface area contributed by atoms with Gasteiger partial charge in [0.25, 0.3) is 5.69 Å². The van der Waals surface area contributed by atoms with Crippen LogP contribution in [0.25, 0.3) is 0 Å². The summed E-state index contributed by atoms with van der Waals surface area (Å²) in [6.07, 6.45) is 0. The highest BCUT2D eigenvalue weighted by molar-refractivity contribution is 6.69. The molecule has 0 saturated heterocycles. The number of fused-ring (bicyclic) bond motifs is 1. The Morgan fingerprint density at radius 3 is 2.76 bits per heavy atom. The summed E-state index contributed by atoms with van der Waals surface area (Å²) in [6, 6.07) is 3.91. The summed E-state index contributed by atoms with van der Waals surface area (Å²) in [4.78, 5) is 29.8. The molecule has 0 fully saturated rings. The molecule has 21 heavy (non-hydrogen) atoms. The maximum absolute atomic E-state index is 11.8. The van der Waals surface area contributed by atoms with Crippen LogP contribution in [-0.2, 0) is 4.79 Å². The molecule has 0 atom stereocenters. The fourth-order valence-electron chi connectivity index (χ4n) is 1.79. The van der Waals surface area contributed by atoms with E-state index in [1.807, 2.05) is 0 Å². The number of rotatable bonds is 3. The maximum atomic E-state index is 11.8. The first-order valence-electron chi connectivity index (χ1n) is 5.63. The van der Waals surface area contributed by atoms with E-state index < -0.39 is 10.8 Å². The average Bonchev–Trinajstić information content (AvgIpc) is 2.95. The monoisotopic (exact) mass is 286 g/mol. The number of methoxy groups -OCH3 is 1. The molecule has 1 aromatic rings. The first-order chi connectivity index (χ1) is 10.1. The van der Waals surface area contributed by atoms with E-state index in [1.165, 1.54) is 25.3 Å². The Balaban J connectivity index is 2.14. The Bertz CT molecular complexity index is 792. The minimum atomic E-state index is -0.659. The second-order valence-corrected chi connectivity index (χ2v) is 3.96. The van der Waals surface area contributed by atoms with E-state index >= 15 is 0 Å². The van der Waals surface area contributed by atoms with Gasteiger partial charge in [0.1, 0.15) is 5.75 Å². The van der Waals surface area contributed by atoms with Crippen LogP contribution in [0.15, 0.2) is 43.6 Å². The van der Waals surface area contributed by atoms with Crippen molar-refractivity contribution in [1.29, 1.82) is 0 Å². The third-order valence-corrected chi connectivity index (χ3v) is 2.75. The van der Waals surface area contributed by atoms with Crippen molar-refractivity contribution >= 4 is 29.0 Å². The Hall–Kier alpha value is -3.30. The van der Waals surface area contributed by atoms with Gasteiger partial charge in [-0.2, -0.15) is 4.99 Å². The number of carbonyl (C=O) groups excluding carboxylic acids is 1. The predicted octanol–water partition coefficient (Wildman–Crippen LogP) is 1.11. The highest BCUT2D eigenvalue weighted by Crippen LogP contribution is 2.26. The number of nitrogens with zero attached hydrogens (tertiary/aromatic N) is 6. The second kappa shape index (κ2) is 4.67. The van der Waals surface area contributed by atoms with Crippen molar-refractivity contribution in [3.05, 3.63) is 33.9 Å². The summed E-state index contributed by atoms with van der Waals surface area (Å²) in [5.74, 6) is -0.366. The highest BCUT2D eigenvalue weighted by atomic mass is 16.6. The molecular formula is C11H6N6O4. The average molecular weight is 286 g/mol. The Morgan fingerprint density at radius 2 is 2.05 bits per heavy atom. The number of carbonyl (C=O) groups is 1. The quantitative estimate of drug-likeness (QED) is 0.608. The molecule has 2 aliphatic rings. The van der Waals surface area contributed by atoms with E-state index in [0.717, 1.165) is 0 Å². The number of aliphatic imine (C=N–C) groups is 2. The van der Waals surface area contributed by atoms with Gasteiger partial charge in [0, 0.05) is 12.1 Å². The van der Waals surface area contributed by atoms with E-state index in [0.29, 0.717) is 5.75 Å². The number of nitro groups is 1. The van der Waals surface area contributed by atoms with Crippen LogP contribution in [0.3, 0.4) is 0 Å². The van der Waals surface area contributed by atoms with Crippen molar-refractivity contribution in [3.63, 3.8) is 0 Å². The van der Waals surface area contributed by atoms with Gasteiger partial charge < -0.3 is 4.74 Å². The molecule has 0 radical (unpaired) electrons. The molecule has 1 aromatic carbocycles. The molecule has 2 heterocycles. The number of benzene rings is 1. The Morgan fingerprint density at radius 1 is 1.24 bits per heavy atom. The fourth-order valence-corrected chi connectivity index (χ4v) is 1.79. The van der Waals surface area contributed by atoms with E-state index in [4.69, 9.17) is 4.74 Å². The lowest BCUT2D eigenvalue weighted by Gasteiger charge is -2.10. The third kappa shape index (κ3) is 2.08. The van der Waals surface area contributed by atoms with Gasteiger partial charge in [0.05, 0.1) is 17.6 Å². The summed E-state index contributed by atoms with van der Waals surface area (Å²) in [6.45, 7) is 0. The van der Waals surface area contributed by atoms with Crippen LogP contribution in [0.4, 0.5) is 5.69 Å². The normalized spacial score (nSPS) is 16.0. The molecule has 0 N–H and O–H groups in total. The maximum Gasteiger partial charge on any atom is 0.303 e. The van der Waals surface area contributed by atoms with Crippen LogP contribution in [0, 0.1) is 10.1 Å². The SMILES string of the molecule is COc1ccc([N+](=O)[O-])cc1C1=NC(=O)C2=NN=NC2=N1. The van der Waals surface area contributed by atoms with Crippen molar-refractivity contribution < 1.29 is 14.5 Å². The van der Waals surface area contributed by atoms with Gasteiger partial charge in [-0.05, 0) is 11.3 Å². The largest absolute Gasteiger partial charge is 0.496 e. The zero-order chi connectivity index (χ0) is 15.0. The first-order valence-corrected chi connectivity index (χ1v) is 5.63. The van der Waals surface area contributed by atoms with Crippen LogP contribution >= 0.6 is 0 Å². The summed E-state index contributed by atoms with van der Waals surface area (Å²) < 4.78 is 5.11. The summed E-state index contributed by atoms with van der Waals surface area (Å²) in [7, 11) is 1.39. The zero-order valence-electron chi connectivity index (χ0n) is 10.5. The molecule has 0 aromatic heterocycles. The highest BCUT2D eigenvalue weighted by Gasteiger charge is 2.29. The van der Waals surface area contributed by atoms with E-state index in [-0.39, 0.29) is 28.6 Å². The molecule has 104 valence electrons. The number of hydrogen-bond acceptors (Lipinski definition) is 8. The van der Waals surface area contributed by atoms with Gasteiger partial charge in [-0.1, -0.05) is 0 Å². The molecule has 0 spiro atoms. The summed E-state index contributed by atoms with van der Waals surface area (Å²) in [5.41, 5.74) is -0.00879. The van der Waals surface area contributed by atoms with Gasteiger partial charge in [0.2, 0.25) is 11.5 Å². The lowest BCUT2D eigenvalue weighted by atomic mass is 10.1. The molecule has 2 aliphatic heterocycles. The molecule has 10 nitrogen and oxygen atoms in total. The van der Waals surface area contributed by atoms with Crippen LogP contribution in [0.5, 0.6) is 5.75 Å². The third-order valence-electron chi connectivity index (χ3n) is 2.75. The van der Waals surface area contributed by atoms with Gasteiger partial charge >= 0.3 is 5.91 Å². The lowest BCUT2D eigenvalue weighted by Crippen LogP contribution is -2.26. The molecule has 3 rings (SSSR count). The Kier molecular flexibility index (Phi) is 2.83. The number of ether oxygens (including phenoxy) is 1. The standard InChI is InChI=1S/C11H6N6O4/c1-21-7-3-2-5(17(19)20)4-6(7)9-12-10-8(11(18)13-9)14-16-15-10/h2-4H,1H3. The van der Waals surface area contributed by atoms with Crippen LogP contribution in [-0.4, -0.2) is 35.3 Å². The van der Waals surface area contributed by atoms with E-state index in [2.05, 4.69) is 25.4 Å². The minimum Gasteiger partial charge on any atom is -0.496 e. The van der Waals surface area contributed by atoms with Crippen LogP contribution < -0.4 is 4.74 Å². The van der Waals surface area contributed by atoms with E-state index in [9.17, 15) is 14.9 Å². The van der Waals surface area contributed by atoms with Crippen molar-refractivity contribution in [2.45, 2.75) is 0 Å². The van der Waals surface area contributed by atoms with Crippen molar-refractivity contribution in [2.75, 3.05) is 7.11 Å². The minimum absolute atomic E-state index is 0.0264. The summed E-state index contributed by atoms with van der Waals surface area (Å²) in [5, 5.41) is 21.3. The molecule has 0 unspecified atom stereocenters. The van der Waals surface area contributed by atoms with Crippen molar-refractivity contribution in [2.24, 2.45) is 25.4 Å². The van der Waals surface area contributed by atoms with Gasteiger partial charge in [-0.3, -0.25) is 14.9 Å². The topological polar surface area (TPSA) is 131 Å². The van der Waals surface area contributed by atoms with Gasteiger partial charge in [-0.25, -0.2) is 4.99 Å². The van der Waals surface area contributed by atoms with Gasteiger partial charge in [0.15, 0.2) is 5.84 Å². The molecule has 0 aliphatic carbocycles.